The zero-order valence-corrected chi connectivity index (χ0v) is 10.3. The fraction of sp³-hybridized carbons (Fsp3) is 0.818. The molecule has 0 saturated heterocycles. The van der Waals surface area contributed by atoms with Gasteiger partial charge in [-0.15, -0.1) is 0 Å². The highest BCUT2D eigenvalue weighted by atomic mass is 16.4. The molecular weight excluding hydrogens is 222 g/mol. The van der Waals surface area contributed by atoms with Crippen molar-refractivity contribution in [3.63, 3.8) is 0 Å². The first-order valence-electron chi connectivity index (χ1n) is 6.01. The summed E-state index contributed by atoms with van der Waals surface area (Å²) >= 11 is 0. The van der Waals surface area contributed by atoms with Crippen LogP contribution in [0.15, 0.2) is 0 Å². The SMILES string of the molecule is CCC[C@H](NC(=O)[C@@H](N)CCCCN)C(=O)O. The van der Waals surface area contributed by atoms with Gasteiger partial charge in [0.2, 0.25) is 5.91 Å². The summed E-state index contributed by atoms with van der Waals surface area (Å²) in [7, 11) is 0. The van der Waals surface area contributed by atoms with Gasteiger partial charge >= 0.3 is 5.97 Å². The Bertz CT molecular complexity index is 246. The number of amides is 1. The van der Waals surface area contributed by atoms with E-state index in [9.17, 15) is 9.59 Å². The van der Waals surface area contributed by atoms with Crippen LogP contribution in [0.3, 0.4) is 0 Å². The maximum Gasteiger partial charge on any atom is 0.326 e. The smallest absolute Gasteiger partial charge is 0.326 e. The molecule has 6 nitrogen and oxygen atoms in total. The Morgan fingerprint density at radius 1 is 1.29 bits per heavy atom. The lowest BCUT2D eigenvalue weighted by atomic mass is 10.1. The van der Waals surface area contributed by atoms with E-state index in [1.165, 1.54) is 0 Å². The van der Waals surface area contributed by atoms with Crippen molar-refractivity contribution in [3.05, 3.63) is 0 Å². The molecule has 0 saturated carbocycles. The van der Waals surface area contributed by atoms with Crippen molar-refractivity contribution in [2.24, 2.45) is 11.5 Å². The number of rotatable bonds is 9. The van der Waals surface area contributed by atoms with Crippen LogP contribution in [-0.4, -0.2) is 35.6 Å². The van der Waals surface area contributed by atoms with Gasteiger partial charge < -0.3 is 21.9 Å². The average Bonchev–Trinajstić information content (AvgIpc) is 2.28. The second-order valence-electron chi connectivity index (χ2n) is 4.08. The molecule has 0 aromatic rings. The Balaban J connectivity index is 4.06. The van der Waals surface area contributed by atoms with Crippen molar-refractivity contribution in [1.29, 1.82) is 0 Å². The molecule has 0 bridgehead atoms. The van der Waals surface area contributed by atoms with E-state index in [2.05, 4.69) is 5.32 Å². The van der Waals surface area contributed by atoms with Crippen LogP contribution in [0.5, 0.6) is 0 Å². The van der Waals surface area contributed by atoms with E-state index in [4.69, 9.17) is 16.6 Å². The van der Waals surface area contributed by atoms with E-state index < -0.39 is 24.0 Å². The number of carboxylic acid groups (broad SMARTS) is 1. The minimum Gasteiger partial charge on any atom is -0.480 e. The summed E-state index contributed by atoms with van der Waals surface area (Å²) in [5.74, 6) is -1.42. The first-order valence-corrected chi connectivity index (χ1v) is 6.01. The lowest BCUT2D eigenvalue weighted by Gasteiger charge is -2.17. The Hall–Kier alpha value is -1.14. The normalized spacial score (nSPS) is 14.1. The van der Waals surface area contributed by atoms with Crippen LogP contribution in [-0.2, 0) is 9.59 Å². The molecule has 0 heterocycles. The van der Waals surface area contributed by atoms with Crippen molar-refractivity contribution in [3.8, 4) is 0 Å². The number of unbranched alkanes of at least 4 members (excludes halogenated alkanes) is 1. The molecule has 0 fully saturated rings. The van der Waals surface area contributed by atoms with Crippen molar-refractivity contribution in [1.82, 2.24) is 5.32 Å². The molecular formula is C11H23N3O3. The summed E-state index contributed by atoms with van der Waals surface area (Å²) in [6.45, 7) is 2.44. The zero-order valence-electron chi connectivity index (χ0n) is 10.3. The van der Waals surface area contributed by atoms with Crippen molar-refractivity contribution in [2.75, 3.05) is 6.54 Å². The zero-order chi connectivity index (χ0) is 13.3. The van der Waals surface area contributed by atoms with Gasteiger partial charge in [-0.25, -0.2) is 4.79 Å². The second-order valence-corrected chi connectivity index (χ2v) is 4.08. The Kier molecular flexibility index (Phi) is 8.35. The van der Waals surface area contributed by atoms with E-state index in [1.54, 1.807) is 0 Å². The highest BCUT2D eigenvalue weighted by Gasteiger charge is 2.21. The fourth-order valence-corrected chi connectivity index (χ4v) is 1.46. The Morgan fingerprint density at radius 2 is 1.94 bits per heavy atom. The number of carbonyl (C=O) groups is 2. The van der Waals surface area contributed by atoms with Gasteiger partial charge in [0.25, 0.3) is 0 Å². The number of carboxylic acids is 1. The van der Waals surface area contributed by atoms with Crippen LogP contribution in [0.1, 0.15) is 39.0 Å². The van der Waals surface area contributed by atoms with Gasteiger partial charge in [-0.1, -0.05) is 19.8 Å². The van der Waals surface area contributed by atoms with Crippen molar-refractivity contribution >= 4 is 11.9 Å². The maximum atomic E-state index is 11.6. The number of carbonyl (C=O) groups excluding carboxylic acids is 1. The minimum atomic E-state index is -1.02. The lowest BCUT2D eigenvalue weighted by Crippen LogP contribution is -2.48. The molecule has 0 unspecified atom stereocenters. The Labute approximate surface area is 102 Å². The fourth-order valence-electron chi connectivity index (χ4n) is 1.46. The summed E-state index contributed by atoms with van der Waals surface area (Å²) in [6, 6.07) is -1.49. The molecule has 0 aliphatic heterocycles. The van der Waals surface area contributed by atoms with Crippen molar-refractivity contribution < 1.29 is 14.7 Å². The van der Waals surface area contributed by atoms with Crippen LogP contribution in [0, 0.1) is 0 Å². The van der Waals surface area contributed by atoms with E-state index >= 15 is 0 Å². The largest absolute Gasteiger partial charge is 0.480 e. The van der Waals surface area contributed by atoms with E-state index in [1.807, 2.05) is 6.92 Å². The van der Waals surface area contributed by atoms with Crippen LogP contribution in [0.25, 0.3) is 0 Å². The minimum absolute atomic E-state index is 0.400. The van der Waals surface area contributed by atoms with Gasteiger partial charge in [-0.05, 0) is 25.8 Å². The summed E-state index contributed by atoms with van der Waals surface area (Å²) < 4.78 is 0. The molecule has 0 spiro atoms. The van der Waals surface area contributed by atoms with Gasteiger partial charge in [-0.2, -0.15) is 0 Å². The monoisotopic (exact) mass is 245 g/mol. The molecule has 0 aromatic carbocycles. The quantitative estimate of drug-likeness (QED) is 0.420. The topological polar surface area (TPSA) is 118 Å². The molecule has 0 aliphatic carbocycles. The summed E-state index contributed by atoms with van der Waals surface area (Å²) in [4.78, 5) is 22.4. The summed E-state index contributed by atoms with van der Waals surface area (Å²) in [5, 5.41) is 11.3. The molecule has 1 amide bonds. The summed E-state index contributed by atoms with van der Waals surface area (Å²) in [6.07, 6.45) is 3.23. The number of hydrogen-bond acceptors (Lipinski definition) is 4. The van der Waals surface area contributed by atoms with Crippen LogP contribution >= 0.6 is 0 Å². The molecule has 0 aromatic heterocycles. The number of hydrogen-bond donors (Lipinski definition) is 4. The van der Waals surface area contributed by atoms with Gasteiger partial charge in [-0.3, -0.25) is 4.79 Å². The van der Waals surface area contributed by atoms with Crippen molar-refractivity contribution in [2.45, 2.75) is 51.1 Å². The standard InChI is InChI=1S/C11H23N3O3/c1-2-5-9(11(16)17)14-10(15)8(13)6-3-4-7-12/h8-9H,2-7,12-13H2,1H3,(H,14,15)(H,16,17)/t8-,9-/m0/s1. The van der Waals surface area contributed by atoms with Gasteiger partial charge in [0.05, 0.1) is 6.04 Å². The molecule has 0 radical (unpaired) electrons. The lowest BCUT2D eigenvalue weighted by molar-refractivity contribution is -0.142. The van der Waals surface area contributed by atoms with E-state index in [0.717, 1.165) is 12.8 Å². The molecule has 0 rings (SSSR count). The molecule has 6 heteroatoms. The predicted molar refractivity (Wildman–Crippen MR) is 65.4 cm³/mol. The first kappa shape index (κ1) is 15.9. The summed E-state index contributed by atoms with van der Waals surface area (Å²) in [5.41, 5.74) is 11.0. The molecule has 17 heavy (non-hydrogen) atoms. The molecule has 100 valence electrons. The third-order valence-corrected chi connectivity index (χ3v) is 2.50. The number of aliphatic carboxylic acids is 1. The average molecular weight is 245 g/mol. The molecule has 6 N–H and O–H groups in total. The second kappa shape index (κ2) is 8.95. The third-order valence-electron chi connectivity index (χ3n) is 2.50. The van der Waals surface area contributed by atoms with Crippen LogP contribution in [0.4, 0.5) is 0 Å². The molecule has 2 atom stereocenters. The van der Waals surface area contributed by atoms with Gasteiger partial charge in [0.1, 0.15) is 6.04 Å². The van der Waals surface area contributed by atoms with Crippen LogP contribution < -0.4 is 16.8 Å². The Morgan fingerprint density at radius 3 is 2.41 bits per heavy atom. The predicted octanol–water partition coefficient (Wildman–Crippen LogP) is -0.188. The highest BCUT2D eigenvalue weighted by molar-refractivity contribution is 5.86. The third kappa shape index (κ3) is 6.91. The van der Waals surface area contributed by atoms with E-state index in [0.29, 0.717) is 25.8 Å². The van der Waals surface area contributed by atoms with Gasteiger partial charge in [0, 0.05) is 0 Å². The number of nitrogens with one attached hydrogen (secondary N) is 1. The van der Waals surface area contributed by atoms with E-state index in [-0.39, 0.29) is 0 Å². The van der Waals surface area contributed by atoms with Crippen LogP contribution in [0.2, 0.25) is 0 Å². The maximum absolute atomic E-state index is 11.6. The molecule has 0 aliphatic rings. The first-order chi connectivity index (χ1) is 8.02. The number of nitrogens with two attached hydrogens (primary N) is 2. The van der Waals surface area contributed by atoms with Gasteiger partial charge in [0.15, 0.2) is 0 Å². The highest BCUT2D eigenvalue weighted by Crippen LogP contribution is 2.01.